The Kier molecular flexibility index (Phi) is 3.52. The quantitative estimate of drug-likeness (QED) is 0.576. The Hall–Kier alpha value is -1.97. The van der Waals surface area contributed by atoms with Gasteiger partial charge < -0.3 is 9.30 Å². The number of carbonyl (C=O) groups excluding carboxylic acids is 1. The van der Waals surface area contributed by atoms with Gasteiger partial charge in [0.2, 0.25) is 0 Å². The van der Waals surface area contributed by atoms with E-state index in [9.17, 15) is 26.4 Å². The largest absolute Gasteiger partial charge is 0.485 e. The van der Waals surface area contributed by atoms with Gasteiger partial charge >= 0.3 is 12.3 Å². The second-order valence-electron chi connectivity index (χ2n) is 4.36. The Labute approximate surface area is 118 Å². The molecule has 0 amide bonds. The van der Waals surface area contributed by atoms with Crippen molar-refractivity contribution < 1.29 is 31.1 Å². The van der Waals surface area contributed by atoms with Crippen molar-refractivity contribution in [3.8, 4) is 0 Å². The number of hydrogen-bond acceptors (Lipinski definition) is 5. The molecular weight excluding hydrogens is 313 g/mol. The molecule has 0 saturated heterocycles. The Morgan fingerprint density at radius 1 is 1.38 bits per heavy atom. The van der Waals surface area contributed by atoms with Gasteiger partial charge in [-0.2, -0.15) is 13.2 Å². The van der Waals surface area contributed by atoms with Crippen LogP contribution in [0.15, 0.2) is 17.3 Å². The smallest absolute Gasteiger partial charge is 0.464 e. The minimum atomic E-state index is -4.83. The summed E-state index contributed by atoms with van der Waals surface area (Å²) in [6.45, 7) is 0. The number of carbonyl (C=O) groups is 1. The Morgan fingerprint density at radius 3 is 2.52 bits per heavy atom. The van der Waals surface area contributed by atoms with Crippen LogP contribution in [0.1, 0.15) is 16.1 Å². The van der Waals surface area contributed by atoms with E-state index >= 15 is 0 Å². The first-order chi connectivity index (χ1) is 9.58. The monoisotopic (exact) mass is 324 g/mol. The molecule has 0 spiro atoms. The minimum Gasteiger partial charge on any atom is -0.464 e. The summed E-state index contributed by atoms with van der Waals surface area (Å²) in [4.78, 5) is 11.1. The zero-order chi connectivity index (χ0) is 16.0. The summed E-state index contributed by atoms with van der Waals surface area (Å²) < 4.78 is 68.0. The molecule has 1 aromatic rings. The molecule has 0 aliphatic carbocycles. The van der Waals surface area contributed by atoms with Gasteiger partial charge in [0.1, 0.15) is 11.6 Å². The maximum absolute atomic E-state index is 12.7. The van der Waals surface area contributed by atoms with Gasteiger partial charge in [0.15, 0.2) is 9.84 Å². The van der Waals surface area contributed by atoms with Crippen LogP contribution in [0, 0.1) is 0 Å². The Balaban J connectivity index is 2.66. The van der Waals surface area contributed by atoms with Crippen LogP contribution >= 0.6 is 0 Å². The molecule has 0 atom stereocenters. The molecule has 10 heteroatoms. The zero-order valence-electron chi connectivity index (χ0n) is 11.0. The number of aromatic nitrogens is 1. The number of nitrogens with zero attached hydrogens (tertiary/aromatic N) is 2. The highest BCUT2D eigenvalue weighted by Crippen LogP contribution is 2.32. The van der Waals surface area contributed by atoms with Crippen LogP contribution in [0.2, 0.25) is 0 Å². The van der Waals surface area contributed by atoms with Crippen LogP contribution < -0.4 is 0 Å². The Morgan fingerprint density at radius 2 is 2.00 bits per heavy atom. The number of hydrogen-bond donors (Lipinski definition) is 0. The summed E-state index contributed by atoms with van der Waals surface area (Å²) in [6.07, 6.45) is -2.20. The number of esters is 1. The first-order valence-electron chi connectivity index (χ1n) is 5.60. The van der Waals surface area contributed by atoms with E-state index in [1.165, 1.54) is 11.6 Å². The van der Waals surface area contributed by atoms with Crippen LogP contribution in [-0.2, 0) is 21.6 Å². The topological polar surface area (TPSA) is 68.6 Å². The standard InChI is InChI=1S/C11H11F3N2O4S/c1-15-5-8-7(9(15)10(17)20-2)3-4-16(11(12,13)14)6-21(8,18)19/h3-5H,6H2,1-2H3. The van der Waals surface area contributed by atoms with Gasteiger partial charge in [0.05, 0.1) is 12.0 Å². The van der Waals surface area contributed by atoms with E-state index in [2.05, 4.69) is 4.74 Å². The maximum atomic E-state index is 12.7. The van der Waals surface area contributed by atoms with E-state index in [1.807, 2.05) is 0 Å². The van der Waals surface area contributed by atoms with Gasteiger partial charge in [-0.1, -0.05) is 0 Å². The fraction of sp³-hybridized carbons (Fsp3) is 0.364. The lowest BCUT2D eigenvalue weighted by atomic mass is 10.2. The highest BCUT2D eigenvalue weighted by atomic mass is 32.2. The molecule has 0 aromatic carbocycles. The van der Waals surface area contributed by atoms with E-state index in [-0.39, 0.29) is 21.1 Å². The highest BCUT2D eigenvalue weighted by Gasteiger charge is 2.41. The van der Waals surface area contributed by atoms with Crippen molar-refractivity contribution in [1.82, 2.24) is 9.47 Å². The number of sulfone groups is 1. The molecule has 0 N–H and O–H groups in total. The van der Waals surface area contributed by atoms with Crippen molar-refractivity contribution in [2.24, 2.45) is 7.05 Å². The number of ether oxygens (including phenoxy) is 1. The third kappa shape index (κ3) is 2.62. The predicted molar refractivity (Wildman–Crippen MR) is 65.7 cm³/mol. The lowest BCUT2D eigenvalue weighted by molar-refractivity contribution is -0.221. The average Bonchev–Trinajstić information content (AvgIpc) is 2.63. The molecule has 0 unspecified atom stereocenters. The number of methoxy groups -OCH3 is 1. The summed E-state index contributed by atoms with van der Waals surface area (Å²) in [5.74, 6) is -2.08. The minimum absolute atomic E-state index is 0.115. The molecule has 1 aliphatic heterocycles. The van der Waals surface area contributed by atoms with E-state index in [4.69, 9.17) is 0 Å². The Bertz CT molecular complexity index is 719. The molecule has 116 valence electrons. The second kappa shape index (κ2) is 4.79. The van der Waals surface area contributed by atoms with Crippen LogP contribution in [0.5, 0.6) is 0 Å². The molecule has 2 rings (SSSR count). The molecule has 0 radical (unpaired) electrons. The lowest BCUT2D eigenvalue weighted by Crippen LogP contribution is -2.36. The fourth-order valence-corrected chi connectivity index (χ4v) is 3.55. The van der Waals surface area contributed by atoms with Crippen LogP contribution in [-0.4, -0.2) is 43.1 Å². The summed E-state index contributed by atoms with van der Waals surface area (Å²) in [6, 6.07) is 0. The van der Waals surface area contributed by atoms with Crippen molar-refractivity contribution in [3.63, 3.8) is 0 Å². The normalized spacial score (nSPS) is 17.3. The SMILES string of the molecule is COC(=O)c1c2c(cn1C)S(=O)(=O)CN(C(F)(F)F)C=C2. The third-order valence-electron chi connectivity index (χ3n) is 2.95. The number of fused-ring (bicyclic) bond motifs is 1. The first kappa shape index (κ1) is 15.4. The third-order valence-corrected chi connectivity index (χ3v) is 4.57. The molecule has 0 bridgehead atoms. The molecular formula is C11H11F3N2O4S. The van der Waals surface area contributed by atoms with E-state index < -0.39 is 28.0 Å². The number of rotatable bonds is 1. The maximum Gasteiger partial charge on any atom is 0.485 e. The summed E-state index contributed by atoms with van der Waals surface area (Å²) in [7, 11) is -1.74. The summed E-state index contributed by atoms with van der Waals surface area (Å²) >= 11 is 0. The van der Waals surface area contributed by atoms with E-state index in [0.717, 1.165) is 19.4 Å². The average molecular weight is 324 g/mol. The van der Waals surface area contributed by atoms with Gasteiger partial charge in [0, 0.05) is 25.0 Å². The van der Waals surface area contributed by atoms with Gasteiger partial charge in [-0.05, 0) is 6.08 Å². The van der Waals surface area contributed by atoms with Crippen molar-refractivity contribution in [1.29, 1.82) is 0 Å². The summed E-state index contributed by atoms with van der Waals surface area (Å²) in [5, 5.41) is 0. The van der Waals surface area contributed by atoms with Crippen molar-refractivity contribution in [2.75, 3.05) is 13.0 Å². The van der Waals surface area contributed by atoms with Crippen molar-refractivity contribution in [2.45, 2.75) is 11.2 Å². The molecule has 0 fully saturated rings. The number of aryl methyl sites for hydroxylation is 1. The van der Waals surface area contributed by atoms with Gasteiger partial charge in [-0.15, -0.1) is 0 Å². The van der Waals surface area contributed by atoms with E-state index in [0.29, 0.717) is 6.20 Å². The fourth-order valence-electron chi connectivity index (χ4n) is 1.99. The van der Waals surface area contributed by atoms with Crippen molar-refractivity contribution in [3.05, 3.63) is 23.7 Å². The second-order valence-corrected chi connectivity index (χ2v) is 6.28. The lowest BCUT2D eigenvalue weighted by Gasteiger charge is -2.21. The molecule has 1 aliphatic rings. The van der Waals surface area contributed by atoms with Gasteiger partial charge in [-0.3, -0.25) is 4.90 Å². The van der Waals surface area contributed by atoms with Crippen LogP contribution in [0.4, 0.5) is 13.2 Å². The molecule has 0 saturated carbocycles. The van der Waals surface area contributed by atoms with Crippen LogP contribution in [0.3, 0.4) is 0 Å². The zero-order valence-corrected chi connectivity index (χ0v) is 11.8. The molecule has 6 nitrogen and oxygen atoms in total. The highest BCUT2D eigenvalue weighted by molar-refractivity contribution is 7.91. The number of alkyl halides is 3. The van der Waals surface area contributed by atoms with Crippen LogP contribution in [0.25, 0.3) is 6.08 Å². The number of halogens is 3. The van der Waals surface area contributed by atoms with Gasteiger partial charge in [-0.25, -0.2) is 13.2 Å². The predicted octanol–water partition coefficient (Wildman–Crippen LogP) is 1.35. The summed E-state index contributed by atoms with van der Waals surface area (Å²) in [5.41, 5.74) is -0.243. The molecule has 1 aromatic heterocycles. The van der Waals surface area contributed by atoms with Crippen molar-refractivity contribution >= 4 is 21.9 Å². The van der Waals surface area contributed by atoms with E-state index in [1.54, 1.807) is 0 Å². The van der Waals surface area contributed by atoms with Gasteiger partial charge in [0.25, 0.3) is 0 Å². The first-order valence-corrected chi connectivity index (χ1v) is 7.25. The molecule has 21 heavy (non-hydrogen) atoms. The molecule has 2 heterocycles.